The van der Waals surface area contributed by atoms with Gasteiger partial charge in [-0.25, -0.2) is 17.2 Å². The van der Waals surface area contributed by atoms with Crippen LogP contribution in [0.15, 0.2) is 89.1 Å². The number of hydrogen-bond donors (Lipinski definition) is 0. The van der Waals surface area contributed by atoms with Gasteiger partial charge in [-0.2, -0.15) is 5.26 Å². The Morgan fingerprint density at radius 3 is 2.55 bits per heavy atom. The molecule has 0 bridgehead atoms. The highest BCUT2D eigenvalue weighted by Crippen LogP contribution is 2.45. The number of benzene rings is 3. The zero-order valence-corrected chi connectivity index (χ0v) is 22.3. The van der Waals surface area contributed by atoms with Crippen LogP contribution in [0.3, 0.4) is 0 Å². The number of rotatable bonds is 7. The van der Waals surface area contributed by atoms with Crippen LogP contribution in [0.5, 0.6) is 5.75 Å². The van der Waals surface area contributed by atoms with E-state index in [-0.39, 0.29) is 11.5 Å². The second kappa shape index (κ2) is 10.3. The highest BCUT2D eigenvalue weighted by Gasteiger charge is 2.30. The molecule has 0 N–H and O–H groups in total. The molecule has 2 aromatic heterocycles. The zero-order chi connectivity index (χ0) is 26.9. The van der Waals surface area contributed by atoms with Crippen LogP contribution in [0.1, 0.15) is 4.88 Å². The van der Waals surface area contributed by atoms with Crippen LogP contribution in [0.4, 0.5) is 0 Å². The van der Waals surface area contributed by atoms with Gasteiger partial charge < -0.3 is 9.47 Å². The van der Waals surface area contributed by atoms with Crippen molar-refractivity contribution in [1.29, 1.82) is 5.26 Å². The van der Waals surface area contributed by atoms with Crippen molar-refractivity contribution < 1.29 is 22.7 Å². The lowest BCUT2D eigenvalue weighted by molar-refractivity contribution is -0.142. The van der Waals surface area contributed by atoms with E-state index in [9.17, 15) is 18.5 Å². The van der Waals surface area contributed by atoms with E-state index >= 15 is 0 Å². The third-order valence-electron chi connectivity index (χ3n) is 5.91. The fourth-order valence-corrected chi connectivity index (χ4v) is 6.60. The Hall–Kier alpha value is -4.10. The monoisotopic (exact) mass is 562 g/mol. The maximum Gasteiger partial charge on any atom is 0.343 e. The van der Waals surface area contributed by atoms with E-state index < -0.39 is 16.0 Å². The second-order valence-corrected chi connectivity index (χ2v) is 11.3. The van der Waals surface area contributed by atoms with Gasteiger partial charge in [-0.1, -0.05) is 41.9 Å². The molecule has 10 heteroatoms. The van der Waals surface area contributed by atoms with Gasteiger partial charge in [0.2, 0.25) is 0 Å². The standard InChI is InChI=1S/C28H19ClN2O5S2/c1-35-26(32)17-36-20-6-4-5-18(15-20)28-27(23-13-14-37-25(23)16-30)22-7-2-3-8-24(22)31(28)38(33,34)21-11-9-19(29)10-12-21/h2-15H,17H2,1H3. The SMILES string of the molecule is COC(=O)COc1cccc(-c2c(-c3ccsc3C#N)c3ccccc3n2S(=O)(=O)c2ccc(Cl)cc2)c1. The molecule has 0 aliphatic carbocycles. The molecule has 0 fully saturated rings. The fraction of sp³-hybridized carbons (Fsp3) is 0.0714. The largest absolute Gasteiger partial charge is 0.482 e. The molecule has 0 aliphatic rings. The van der Waals surface area contributed by atoms with Crippen LogP contribution in [0, 0.1) is 11.3 Å². The van der Waals surface area contributed by atoms with E-state index in [1.165, 1.54) is 46.7 Å². The number of thiophene rings is 1. The van der Waals surface area contributed by atoms with E-state index in [2.05, 4.69) is 10.8 Å². The maximum absolute atomic E-state index is 14.2. The summed E-state index contributed by atoms with van der Waals surface area (Å²) in [5.41, 5.74) is 2.55. The first-order valence-electron chi connectivity index (χ1n) is 11.3. The lowest BCUT2D eigenvalue weighted by atomic mass is 9.99. The van der Waals surface area contributed by atoms with Crippen LogP contribution < -0.4 is 4.74 Å². The summed E-state index contributed by atoms with van der Waals surface area (Å²) in [7, 11) is -2.86. The normalized spacial score (nSPS) is 11.3. The lowest BCUT2D eigenvalue weighted by Crippen LogP contribution is -2.14. The molecule has 3 aromatic carbocycles. The zero-order valence-electron chi connectivity index (χ0n) is 19.9. The van der Waals surface area contributed by atoms with E-state index in [1.807, 2.05) is 18.2 Å². The van der Waals surface area contributed by atoms with Crippen LogP contribution in [-0.4, -0.2) is 32.1 Å². The molecule has 38 heavy (non-hydrogen) atoms. The minimum Gasteiger partial charge on any atom is -0.482 e. The van der Waals surface area contributed by atoms with Gasteiger partial charge in [0.05, 0.1) is 23.2 Å². The van der Waals surface area contributed by atoms with Crippen molar-refractivity contribution in [1.82, 2.24) is 3.97 Å². The topological polar surface area (TPSA) is 98.4 Å². The van der Waals surface area contributed by atoms with Gasteiger partial charge >= 0.3 is 5.97 Å². The number of hydrogen-bond acceptors (Lipinski definition) is 7. The highest BCUT2D eigenvalue weighted by molar-refractivity contribution is 7.90. The number of halogens is 1. The van der Waals surface area contributed by atoms with Crippen LogP contribution in [0.2, 0.25) is 5.02 Å². The summed E-state index contributed by atoms with van der Waals surface area (Å²) in [4.78, 5) is 12.1. The fourth-order valence-electron chi connectivity index (χ4n) is 4.23. The molecule has 5 rings (SSSR count). The van der Waals surface area contributed by atoms with Gasteiger partial charge in [0.25, 0.3) is 10.0 Å². The minimum absolute atomic E-state index is 0.0550. The minimum atomic E-state index is -4.13. The van der Waals surface area contributed by atoms with Crippen molar-refractivity contribution in [3.05, 3.63) is 94.1 Å². The predicted molar refractivity (Wildman–Crippen MR) is 147 cm³/mol. The van der Waals surface area contributed by atoms with Crippen molar-refractivity contribution in [2.24, 2.45) is 0 Å². The second-order valence-electron chi connectivity index (χ2n) is 8.13. The number of methoxy groups -OCH3 is 1. The number of carbonyl (C=O) groups excluding carboxylic acids is 1. The Morgan fingerprint density at radius 1 is 1.05 bits per heavy atom. The van der Waals surface area contributed by atoms with E-state index in [0.717, 1.165) is 0 Å². The molecular formula is C28H19ClN2O5S2. The molecule has 0 radical (unpaired) electrons. The first-order chi connectivity index (χ1) is 18.3. The van der Waals surface area contributed by atoms with Crippen molar-refractivity contribution in [2.45, 2.75) is 4.90 Å². The number of para-hydroxylation sites is 1. The quantitative estimate of drug-likeness (QED) is 0.214. The summed E-state index contributed by atoms with van der Waals surface area (Å²) < 4.78 is 39.9. The van der Waals surface area contributed by atoms with Crippen molar-refractivity contribution in [2.75, 3.05) is 13.7 Å². The molecule has 0 spiro atoms. The van der Waals surface area contributed by atoms with Crippen LogP contribution >= 0.6 is 22.9 Å². The number of esters is 1. The molecule has 0 unspecified atom stereocenters. The summed E-state index contributed by atoms with van der Waals surface area (Å²) in [5.74, 6) is -0.196. The lowest BCUT2D eigenvalue weighted by Gasteiger charge is -2.15. The molecular weight excluding hydrogens is 544 g/mol. The highest BCUT2D eigenvalue weighted by atomic mass is 35.5. The van der Waals surface area contributed by atoms with Crippen molar-refractivity contribution in [3.8, 4) is 34.2 Å². The number of nitriles is 1. The Morgan fingerprint density at radius 2 is 1.82 bits per heavy atom. The molecule has 0 saturated carbocycles. The number of ether oxygens (including phenoxy) is 2. The summed E-state index contributed by atoms with van der Waals surface area (Å²) in [5, 5.41) is 12.7. The third kappa shape index (κ3) is 4.54. The average molecular weight is 563 g/mol. The molecule has 0 saturated heterocycles. The van der Waals surface area contributed by atoms with Gasteiger partial charge in [0.1, 0.15) is 16.7 Å². The Balaban J connectivity index is 1.85. The first-order valence-corrected chi connectivity index (χ1v) is 14.0. The number of aromatic nitrogens is 1. The van der Waals surface area contributed by atoms with Gasteiger partial charge in [-0.15, -0.1) is 11.3 Å². The van der Waals surface area contributed by atoms with Gasteiger partial charge in [0, 0.05) is 27.1 Å². The summed E-state index contributed by atoms with van der Waals surface area (Å²) in [6.45, 7) is -0.304. The van der Waals surface area contributed by atoms with Crippen LogP contribution in [-0.2, 0) is 19.6 Å². The van der Waals surface area contributed by atoms with Gasteiger partial charge in [-0.3, -0.25) is 0 Å². The molecule has 5 aromatic rings. The molecule has 0 atom stereocenters. The third-order valence-corrected chi connectivity index (χ3v) is 8.71. The number of fused-ring (bicyclic) bond motifs is 1. The van der Waals surface area contributed by atoms with Crippen molar-refractivity contribution in [3.63, 3.8) is 0 Å². The van der Waals surface area contributed by atoms with E-state index in [0.29, 0.717) is 48.9 Å². The molecule has 0 amide bonds. The Labute approximate surface area is 228 Å². The average Bonchev–Trinajstić information content (AvgIpc) is 3.54. The maximum atomic E-state index is 14.2. The number of carbonyl (C=O) groups is 1. The smallest absolute Gasteiger partial charge is 0.343 e. The van der Waals surface area contributed by atoms with E-state index in [4.69, 9.17) is 16.3 Å². The molecule has 2 heterocycles. The molecule has 7 nitrogen and oxygen atoms in total. The van der Waals surface area contributed by atoms with Crippen molar-refractivity contribution >= 4 is 49.8 Å². The van der Waals surface area contributed by atoms with E-state index in [1.54, 1.807) is 41.8 Å². The summed E-state index contributed by atoms with van der Waals surface area (Å²) >= 11 is 7.31. The van der Waals surface area contributed by atoms with Gasteiger partial charge in [-0.05, 0) is 53.9 Å². The van der Waals surface area contributed by atoms with Crippen LogP contribution in [0.25, 0.3) is 33.3 Å². The Kier molecular flexibility index (Phi) is 6.95. The molecule has 0 aliphatic heterocycles. The first kappa shape index (κ1) is 25.5. The molecule has 190 valence electrons. The number of nitrogens with zero attached hydrogens (tertiary/aromatic N) is 2. The summed E-state index contributed by atoms with van der Waals surface area (Å²) in [6.07, 6.45) is 0. The Bertz CT molecular complexity index is 1820. The predicted octanol–water partition coefficient (Wildman–Crippen LogP) is 6.35. The van der Waals surface area contributed by atoms with Gasteiger partial charge in [0.15, 0.2) is 6.61 Å². The summed E-state index contributed by atoms with van der Waals surface area (Å²) in [6, 6.07) is 23.9.